The lowest BCUT2D eigenvalue weighted by atomic mass is 9.93. The van der Waals surface area contributed by atoms with E-state index in [-0.39, 0.29) is 28.7 Å². The quantitative estimate of drug-likeness (QED) is 0.755. The standard InChI is InChI=1S/C21H26N2O3S2/c1-13-3-2-4-14(7-13)10-20(24)22-21-23(17-9-15-5-6-16(17)8-15)18-11-28(25,26)12-19(18)27-21/h2-4,7,15-19H,5-6,8-12H2,1H3/t15-,16-,17+,18-,19+/m0/s1. The largest absolute Gasteiger partial charge is 0.343 e. The Kier molecular flexibility index (Phi) is 4.58. The molecular weight excluding hydrogens is 392 g/mol. The van der Waals surface area contributed by atoms with Gasteiger partial charge in [-0.15, -0.1) is 0 Å². The van der Waals surface area contributed by atoms with Crippen molar-refractivity contribution in [2.24, 2.45) is 16.8 Å². The molecule has 1 aromatic carbocycles. The lowest BCUT2D eigenvalue weighted by Crippen LogP contribution is -2.47. The number of carbonyl (C=O) groups excluding carboxylic acids is 1. The summed E-state index contributed by atoms with van der Waals surface area (Å²) < 4.78 is 24.4. The highest BCUT2D eigenvalue weighted by Crippen LogP contribution is 2.51. The number of aliphatic imine (C=N–C) groups is 1. The number of hydrogen-bond donors (Lipinski definition) is 0. The molecule has 150 valence electrons. The van der Waals surface area contributed by atoms with Crippen molar-refractivity contribution in [3.8, 4) is 0 Å². The highest BCUT2D eigenvalue weighted by Gasteiger charge is 2.54. The van der Waals surface area contributed by atoms with Crippen molar-refractivity contribution in [3.05, 3.63) is 35.4 Å². The highest BCUT2D eigenvalue weighted by molar-refractivity contribution is 8.15. The molecule has 0 unspecified atom stereocenters. The van der Waals surface area contributed by atoms with Gasteiger partial charge in [0, 0.05) is 11.3 Å². The molecule has 5 nitrogen and oxygen atoms in total. The second-order valence-corrected chi connectivity index (χ2v) is 12.3. The van der Waals surface area contributed by atoms with Crippen molar-refractivity contribution in [1.82, 2.24) is 4.90 Å². The van der Waals surface area contributed by atoms with E-state index in [1.807, 2.05) is 31.2 Å². The number of nitrogens with zero attached hydrogens (tertiary/aromatic N) is 2. The minimum Gasteiger partial charge on any atom is -0.343 e. The van der Waals surface area contributed by atoms with Gasteiger partial charge >= 0.3 is 0 Å². The zero-order valence-corrected chi connectivity index (χ0v) is 17.7. The van der Waals surface area contributed by atoms with Gasteiger partial charge in [0.1, 0.15) is 0 Å². The number of aryl methyl sites for hydroxylation is 1. The predicted molar refractivity (Wildman–Crippen MR) is 112 cm³/mol. The molecule has 5 atom stereocenters. The van der Waals surface area contributed by atoms with E-state index in [0.29, 0.717) is 18.4 Å². The van der Waals surface area contributed by atoms with E-state index in [1.54, 1.807) is 0 Å². The van der Waals surface area contributed by atoms with Gasteiger partial charge in [-0.3, -0.25) is 4.79 Å². The van der Waals surface area contributed by atoms with Crippen LogP contribution in [0.15, 0.2) is 29.3 Å². The Morgan fingerprint density at radius 2 is 2.07 bits per heavy atom. The monoisotopic (exact) mass is 418 g/mol. The van der Waals surface area contributed by atoms with Crippen LogP contribution in [0, 0.1) is 18.8 Å². The molecule has 0 radical (unpaired) electrons. The summed E-state index contributed by atoms with van der Waals surface area (Å²) >= 11 is 1.52. The Balaban J connectivity index is 1.41. The predicted octanol–water partition coefficient (Wildman–Crippen LogP) is 2.82. The molecular formula is C21H26N2O3S2. The smallest absolute Gasteiger partial charge is 0.252 e. The fourth-order valence-electron chi connectivity index (χ4n) is 5.67. The molecule has 0 aromatic heterocycles. The van der Waals surface area contributed by atoms with Crippen molar-refractivity contribution in [3.63, 3.8) is 0 Å². The molecule has 2 saturated heterocycles. The summed E-state index contributed by atoms with van der Waals surface area (Å²) in [5.41, 5.74) is 2.11. The summed E-state index contributed by atoms with van der Waals surface area (Å²) in [6.07, 6.45) is 5.20. The Hall–Kier alpha value is -1.34. The van der Waals surface area contributed by atoms with E-state index in [9.17, 15) is 13.2 Å². The molecule has 2 bridgehead atoms. The van der Waals surface area contributed by atoms with Crippen molar-refractivity contribution >= 4 is 32.7 Å². The number of thioether (sulfide) groups is 1. The first-order valence-electron chi connectivity index (χ1n) is 10.2. The maximum absolute atomic E-state index is 12.7. The van der Waals surface area contributed by atoms with Crippen LogP contribution in [0.25, 0.3) is 0 Å². The summed E-state index contributed by atoms with van der Waals surface area (Å²) in [5, 5.41) is 0.801. The molecule has 4 aliphatic rings. The van der Waals surface area contributed by atoms with Crippen LogP contribution in [-0.4, -0.2) is 53.2 Å². The van der Waals surface area contributed by atoms with Crippen molar-refractivity contribution < 1.29 is 13.2 Å². The van der Waals surface area contributed by atoms with Gasteiger partial charge in [0.15, 0.2) is 15.0 Å². The van der Waals surface area contributed by atoms with Crippen LogP contribution >= 0.6 is 11.8 Å². The van der Waals surface area contributed by atoms with Crippen LogP contribution in [0.4, 0.5) is 0 Å². The van der Waals surface area contributed by atoms with E-state index in [2.05, 4.69) is 9.89 Å². The molecule has 0 N–H and O–H groups in total. The topological polar surface area (TPSA) is 66.8 Å². The van der Waals surface area contributed by atoms with Crippen LogP contribution in [0.2, 0.25) is 0 Å². The van der Waals surface area contributed by atoms with Crippen LogP contribution in [-0.2, 0) is 21.1 Å². The van der Waals surface area contributed by atoms with E-state index in [4.69, 9.17) is 0 Å². The lowest BCUT2D eigenvalue weighted by molar-refractivity contribution is -0.117. The third kappa shape index (κ3) is 3.41. The summed E-state index contributed by atoms with van der Waals surface area (Å²) in [7, 11) is -2.99. The average Bonchev–Trinajstić information content (AvgIpc) is 3.34. The van der Waals surface area contributed by atoms with Crippen LogP contribution in [0.5, 0.6) is 0 Å². The van der Waals surface area contributed by atoms with Gasteiger partial charge in [-0.1, -0.05) is 48.0 Å². The molecule has 2 aliphatic carbocycles. The summed E-state index contributed by atoms with van der Waals surface area (Å²) in [6, 6.07) is 8.32. The first kappa shape index (κ1) is 18.7. The second kappa shape index (κ2) is 6.87. The fourth-order valence-corrected chi connectivity index (χ4v) is 9.66. The van der Waals surface area contributed by atoms with Crippen LogP contribution in [0.3, 0.4) is 0 Å². The van der Waals surface area contributed by atoms with E-state index in [1.165, 1.54) is 31.0 Å². The number of fused-ring (bicyclic) bond motifs is 3. The minimum atomic E-state index is -2.99. The number of carbonyl (C=O) groups is 1. The Morgan fingerprint density at radius 1 is 1.21 bits per heavy atom. The molecule has 7 heteroatoms. The first-order valence-corrected chi connectivity index (χ1v) is 12.9. The minimum absolute atomic E-state index is 0.00938. The summed E-state index contributed by atoms with van der Waals surface area (Å²) in [5.74, 6) is 1.68. The molecule has 28 heavy (non-hydrogen) atoms. The number of amidine groups is 1. The Morgan fingerprint density at radius 3 is 2.79 bits per heavy atom. The highest BCUT2D eigenvalue weighted by atomic mass is 32.2. The van der Waals surface area contributed by atoms with Crippen molar-refractivity contribution in [2.45, 2.75) is 56.4 Å². The number of benzene rings is 1. The van der Waals surface area contributed by atoms with Gasteiger partial charge in [0.05, 0.1) is 24.0 Å². The van der Waals surface area contributed by atoms with Crippen molar-refractivity contribution in [2.75, 3.05) is 11.5 Å². The van der Waals surface area contributed by atoms with Gasteiger partial charge in [-0.2, -0.15) is 4.99 Å². The molecule has 0 spiro atoms. The molecule has 2 aliphatic heterocycles. The molecule has 1 aromatic rings. The zero-order chi connectivity index (χ0) is 19.5. The van der Waals surface area contributed by atoms with Gasteiger partial charge in [0.2, 0.25) is 0 Å². The maximum Gasteiger partial charge on any atom is 0.252 e. The van der Waals surface area contributed by atoms with Gasteiger partial charge in [-0.05, 0) is 43.6 Å². The number of sulfone groups is 1. The number of hydrogen-bond acceptors (Lipinski definition) is 4. The summed E-state index contributed by atoms with van der Waals surface area (Å²) in [6.45, 7) is 2.02. The van der Waals surface area contributed by atoms with E-state index in [0.717, 1.165) is 28.6 Å². The zero-order valence-electron chi connectivity index (χ0n) is 16.1. The third-order valence-corrected chi connectivity index (χ3v) is 10.0. The van der Waals surface area contributed by atoms with Gasteiger partial charge in [0.25, 0.3) is 5.91 Å². The Bertz CT molecular complexity index is 943. The fraction of sp³-hybridized carbons (Fsp3) is 0.619. The first-order chi connectivity index (χ1) is 13.4. The van der Waals surface area contributed by atoms with E-state index >= 15 is 0 Å². The van der Waals surface area contributed by atoms with Crippen LogP contribution in [0.1, 0.15) is 36.8 Å². The number of rotatable bonds is 3. The van der Waals surface area contributed by atoms with Crippen LogP contribution < -0.4 is 0 Å². The lowest BCUT2D eigenvalue weighted by Gasteiger charge is -2.36. The Labute approximate surface area is 170 Å². The van der Waals surface area contributed by atoms with Gasteiger partial charge < -0.3 is 4.90 Å². The van der Waals surface area contributed by atoms with E-state index < -0.39 is 9.84 Å². The average molecular weight is 419 g/mol. The molecule has 4 fully saturated rings. The molecule has 5 rings (SSSR count). The number of amides is 1. The third-order valence-electron chi connectivity index (χ3n) is 6.82. The molecule has 1 amide bonds. The normalized spacial score (nSPS) is 37.0. The summed E-state index contributed by atoms with van der Waals surface area (Å²) in [4.78, 5) is 19.5. The molecule has 2 saturated carbocycles. The SMILES string of the molecule is Cc1cccc(CC(=O)N=C2S[C@@H]3CS(=O)(=O)C[C@@H]3N2[C@@H]2C[C@H]3CC[C@H]2C3)c1. The van der Waals surface area contributed by atoms with Crippen molar-refractivity contribution in [1.29, 1.82) is 0 Å². The second-order valence-electron chi connectivity index (χ2n) is 8.90. The molecule has 2 heterocycles. The van der Waals surface area contributed by atoms with Gasteiger partial charge in [-0.25, -0.2) is 8.42 Å². The maximum atomic E-state index is 12.7.